The summed E-state index contributed by atoms with van der Waals surface area (Å²) in [7, 11) is 0. The van der Waals surface area contributed by atoms with Gasteiger partial charge in [-0.25, -0.2) is 15.0 Å². The Hall–Kier alpha value is -1.93. The normalized spacial score (nSPS) is 10.8. The lowest BCUT2D eigenvalue weighted by Gasteiger charge is -2.05. The maximum absolute atomic E-state index is 11.3. The zero-order valence-electron chi connectivity index (χ0n) is 10.6. The molecule has 0 saturated carbocycles. The molecular weight excluding hydrogens is 294 g/mol. The third-order valence-corrected chi connectivity index (χ3v) is 4.18. The van der Waals surface area contributed by atoms with Crippen LogP contribution in [0.5, 0.6) is 0 Å². The summed E-state index contributed by atoms with van der Waals surface area (Å²) in [5, 5.41) is 7.34. The quantitative estimate of drug-likeness (QED) is 0.568. The zero-order chi connectivity index (χ0) is 13.9. The van der Waals surface area contributed by atoms with Crippen LogP contribution >= 0.6 is 23.1 Å². The maximum atomic E-state index is 11.3. The molecule has 0 aliphatic rings. The molecule has 3 aromatic rings. The van der Waals surface area contributed by atoms with E-state index >= 15 is 0 Å². The van der Waals surface area contributed by atoms with Gasteiger partial charge in [0.2, 0.25) is 5.95 Å². The average molecular weight is 305 g/mol. The van der Waals surface area contributed by atoms with Gasteiger partial charge in [0.05, 0.1) is 0 Å². The van der Waals surface area contributed by atoms with Crippen molar-refractivity contribution in [2.45, 2.75) is 17.1 Å². The monoisotopic (exact) mass is 305 g/mol. The van der Waals surface area contributed by atoms with E-state index in [0.717, 1.165) is 21.8 Å². The Balaban J connectivity index is 2.05. The van der Waals surface area contributed by atoms with Crippen molar-refractivity contribution in [2.75, 3.05) is 11.9 Å². The minimum Gasteiger partial charge on any atom is -0.354 e. The van der Waals surface area contributed by atoms with Gasteiger partial charge in [0.25, 0.3) is 5.56 Å². The van der Waals surface area contributed by atoms with E-state index in [4.69, 9.17) is 0 Å². The SMILES string of the molecule is CCNc1nc(Sc2nccc(=O)[nH]2)c2ccsc2n1. The van der Waals surface area contributed by atoms with E-state index in [-0.39, 0.29) is 5.56 Å². The van der Waals surface area contributed by atoms with Crippen molar-refractivity contribution in [2.24, 2.45) is 0 Å². The second kappa shape index (κ2) is 5.59. The second-order valence-electron chi connectivity index (χ2n) is 3.86. The van der Waals surface area contributed by atoms with E-state index in [0.29, 0.717) is 11.1 Å². The summed E-state index contributed by atoms with van der Waals surface area (Å²) < 4.78 is 0. The molecule has 2 N–H and O–H groups in total. The molecule has 8 heteroatoms. The van der Waals surface area contributed by atoms with E-state index in [1.165, 1.54) is 24.0 Å². The van der Waals surface area contributed by atoms with Gasteiger partial charge in [0, 0.05) is 24.2 Å². The molecular formula is C12H11N5OS2. The van der Waals surface area contributed by atoms with Gasteiger partial charge in [0.1, 0.15) is 9.86 Å². The van der Waals surface area contributed by atoms with Crippen molar-refractivity contribution in [1.29, 1.82) is 0 Å². The second-order valence-corrected chi connectivity index (χ2v) is 5.74. The van der Waals surface area contributed by atoms with Gasteiger partial charge in [-0.05, 0) is 30.1 Å². The molecule has 0 aromatic carbocycles. The van der Waals surface area contributed by atoms with Crippen LogP contribution in [0, 0.1) is 0 Å². The smallest absolute Gasteiger partial charge is 0.251 e. The largest absolute Gasteiger partial charge is 0.354 e. The molecule has 6 nitrogen and oxygen atoms in total. The van der Waals surface area contributed by atoms with Crippen molar-refractivity contribution in [1.82, 2.24) is 19.9 Å². The Morgan fingerprint density at radius 3 is 3.10 bits per heavy atom. The Morgan fingerprint density at radius 2 is 2.30 bits per heavy atom. The van der Waals surface area contributed by atoms with Crippen LogP contribution in [0.2, 0.25) is 0 Å². The maximum Gasteiger partial charge on any atom is 0.251 e. The topological polar surface area (TPSA) is 83.6 Å². The van der Waals surface area contributed by atoms with Crippen LogP contribution in [0.15, 0.2) is 38.7 Å². The van der Waals surface area contributed by atoms with Gasteiger partial charge in [-0.2, -0.15) is 0 Å². The van der Waals surface area contributed by atoms with Crippen LogP contribution in [-0.4, -0.2) is 26.5 Å². The van der Waals surface area contributed by atoms with Crippen LogP contribution in [0.1, 0.15) is 6.92 Å². The Morgan fingerprint density at radius 1 is 1.40 bits per heavy atom. The number of aromatic amines is 1. The zero-order valence-corrected chi connectivity index (χ0v) is 12.2. The summed E-state index contributed by atoms with van der Waals surface area (Å²) in [4.78, 5) is 27.9. The first-order chi connectivity index (χ1) is 9.76. The van der Waals surface area contributed by atoms with Gasteiger partial charge in [-0.15, -0.1) is 11.3 Å². The molecule has 0 bridgehead atoms. The van der Waals surface area contributed by atoms with Crippen molar-refractivity contribution in [3.8, 4) is 0 Å². The molecule has 0 radical (unpaired) electrons. The highest BCUT2D eigenvalue weighted by molar-refractivity contribution is 7.99. The highest BCUT2D eigenvalue weighted by Crippen LogP contribution is 2.32. The number of aromatic nitrogens is 4. The number of fused-ring (bicyclic) bond motifs is 1. The van der Waals surface area contributed by atoms with Gasteiger partial charge < -0.3 is 10.3 Å². The number of hydrogen-bond donors (Lipinski definition) is 2. The summed E-state index contributed by atoms with van der Waals surface area (Å²) in [6.45, 7) is 2.74. The fourth-order valence-corrected chi connectivity index (χ4v) is 3.32. The third-order valence-electron chi connectivity index (χ3n) is 2.47. The summed E-state index contributed by atoms with van der Waals surface area (Å²) in [6, 6.07) is 3.35. The first kappa shape index (κ1) is 13.1. The molecule has 0 unspecified atom stereocenters. The summed E-state index contributed by atoms with van der Waals surface area (Å²) >= 11 is 2.88. The van der Waals surface area contributed by atoms with Crippen molar-refractivity contribution >= 4 is 39.3 Å². The first-order valence-electron chi connectivity index (χ1n) is 5.98. The van der Waals surface area contributed by atoms with Crippen LogP contribution in [0.4, 0.5) is 5.95 Å². The lowest BCUT2D eigenvalue weighted by molar-refractivity contribution is 0.932. The molecule has 0 aliphatic carbocycles. The highest BCUT2D eigenvalue weighted by Gasteiger charge is 2.11. The third kappa shape index (κ3) is 2.66. The van der Waals surface area contributed by atoms with Gasteiger partial charge in [-0.3, -0.25) is 4.79 Å². The van der Waals surface area contributed by atoms with Crippen molar-refractivity contribution in [3.05, 3.63) is 34.1 Å². The standard InChI is InChI=1S/C12H11N5OS2/c1-2-13-11-16-9-7(4-6-19-9)10(17-11)20-12-14-5-3-8(18)15-12/h3-6H,2H2,1H3,(H,13,16,17)(H,14,15,18). The Bertz CT molecular complexity index is 798. The molecule has 102 valence electrons. The van der Waals surface area contributed by atoms with E-state index in [9.17, 15) is 4.79 Å². The summed E-state index contributed by atoms with van der Waals surface area (Å²) in [6.07, 6.45) is 1.48. The Labute approximate surface area is 122 Å². The molecule has 0 aliphatic heterocycles. The van der Waals surface area contributed by atoms with Crippen LogP contribution in [0.3, 0.4) is 0 Å². The lowest BCUT2D eigenvalue weighted by atomic mass is 10.4. The van der Waals surface area contributed by atoms with E-state index in [1.807, 2.05) is 18.4 Å². The van der Waals surface area contributed by atoms with Crippen LogP contribution < -0.4 is 10.9 Å². The van der Waals surface area contributed by atoms with Crippen LogP contribution in [0.25, 0.3) is 10.2 Å². The minimum atomic E-state index is -0.176. The first-order valence-corrected chi connectivity index (χ1v) is 7.68. The van der Waals surface area contributed by atoms with Crippen molar-refractivity contribution < 1.29 is 0 Å². The van der Waals surface area contributed by atoms with E-state index < -0.39 is 0 Å². The molecule has 3 heterocycles. The highest BCUT2D eigenvalue weighted by atomic mass is 32.2. The van der Waals surface area contributed by atoms with E-state index in [2.05, 4.69) is 25.3 Å². The molecule has 0 saturated heterocycles. The fourth-order valence-electron chi connectivity index (χ4n) is 1.64. The molecule has 0 amide bonds. The van der Waals surface area contributed by atoms with E-state index in [1.54, 1.807) is 11.3 Å². The Kier molecular flexibility index (Phi) is 3.66. The number of anilines is 1. The predicted molar refractivity (Wildman–Crippen MR) is 80.6 cm³/mol. The predicted octanol–water partition coefficient (Wildman–Crippen LogP) is 2.36. The number of nitrogens with one attached hydrogen (secondary N) is 2. The lowest BCUT2D eigenvalue weighted by Crippen LogP contribution is -2.06. The number of H-pyrrole nitrogens is 1. The number of hydrogen-bond acceptors (Lipinski definition) is 7. The van der Waals surface area contributed by atoms with Gasteiger partial charge >= 0.3 is 0 Å². The molecule has 20 heavy (non-hydrogen) atoms. The number of nitrogens with zero attached hydrogens (tertiary/aromatic N) is 3. The average Bonchev–Trinajstić information content (AvgIpc) is 2.87. The van der Waals surface area contributed by atoms with Crippen LogP contribution in [-0.2, 0) is 0 Å². The molecule has 3 rings (SSSR count). The summed E-state index contributed by atoms with van der Waals surface area (Å²) in [5.74, 6) is 0.586. The van der Waals surface area contributed by atoms with Gasteiger partial charge in [0.15, 0.2) is 5.16 Å². The molecule has 0 atom stereocenters. The molecule has 3 aromatic heterocycles. The van der Waals surface area contributed by atoms with Crippen molar-refractivity contribution in [3.63, 3.8) is 0 Å². The number of thiophene rings is 1. The fraction of sp³-hybridized carbons (Fsp3) is 0.167. The van der Waals surface area contributed by atoms with Gasteiger partial charge in [-0.1, -0.05) is 0 Å². The number of rotatable bonds is 4. The minimum absolute atomic E-state index is 0.176. The molecule has 0 spiro atoms. The summed E-state index contributed by atoms with van der Waals surface area (Å²) in [5.41, 5.74) is -0.176. The molecule has 0 fully saturated rings.